The van der Waals surface area contributed by atoms with E-state index in [1.54, 1.807) is 6.92 Å². The van der Waals surface area contributed by atoms with E-state index >= 15 is 0 Å². The van der Waals surface area contributed by atoms with Crippen molar-refractivity contribution in [2.24, 2.45) is 5.73 Å². The number of alkyl halides is 6. The largest absolute Gasteiger partial charge is 0.508 e. The van der Waals surface area contributed by atoms with E-state index in [2.05, 4.69) is 9.97 Å². The number of carbonyl (C=O) groups is 2. The Balaban J connectivity index is 1.85. The molecule has 0 saturated carbocycles. The van der Waals surface area contributed by atoms with Crippen molar-refractivity contribution in [2.45, 2.75) is 63.0 Å². The van der Waals surface area contributed by atoms with Gasteiger partial charge in [0, 0.05) is 18.8 Å². The number of hydrogen-bond acceptors (Lipinski definition) is 7. The summed E-state index contributed by atoms with van der Waals surface area (Å²) in [7, 11) is 0. The number of phenolic OH excluding ortho intramolecular Hbond substituents is 1. The third-order valence-corrected chi connectivity index (χ3v) is 7.41. The number of anilines is 1. The van der Waals surface area contributed by atoms with Crippen LogP contribution in [0.1, 0.15) is 72.3 Å². The number of phenols is 1. The molecule has 1 amide bonds. The van der Waals surface area contributed by atoms with Crippen molar-refractivity contribution in [3.8, 4) is 11.5 Å². The highest BCUT2D eigenvalue weighted by Gasteiger charge is 2.46. The smallest absolute Gasteiger partial charge is 0.416 e. The Morgan fingerprint density at radius 3 is 2.27 bits per heavy atom. The number of aromatic hydroxyl groups is 1. The number of amides is 1. The molecule has 45 heavy (non-hydrogen) atoms. The highest BCUT2D eigenvalue weighted by atomic mass is 19.4. The number of nitrogens with zero attached hydrogens (tertiary/aromatic N) is 3. The van der Waals surface area contributed by atoms with Gasteiger partial charge >= 0.3 is 24.4 Å². The predicted octanol–water partition coefficient (Wildman–Crippen LogP) is 6.14. The van der Waals surface area contributed by atoms with Gasteiger partial charge in [-0.2, -0.15) is 26.3 Å². The molecule has 0 saturated heterocycles. The van der Waals surface area contributed by atoms with Gasteiger partial charge < -0.3 is 25.8 Å². The average molecular weight is 643 g/mol. The van der Waals surface area contributed by atoms with Crippen molar-refractivity contribution >= 4 is 17.7 Å². The first-order valence-corrected chi connectivity index (χ1v) is 13.6. The van der Waals surface area contributed by atoms with E-state index in [0.29, 0.717) is 12.1 Å². The third-order valence-electron chi connectivity index (χ3n) is 7.41. The number of benzene rings is 2. The molecule has 2 atom stereocenters. The average Bonchev–Trinajstić information content (AvgIpc) is 2.94. The van der Waals surface area contributed by atoms with E-state index < -0.39 is 59.1 Å². The van der Waals surface area contributed by atoms with Crippen LogP contribution in [0.3, 0.4) is 0 Å². The number of carboxylic acids is 1. The van der Waals surface area contributed by atoms with Crippen molar-refractivity contribution in [1.82, 2.24) is 9.97 Å². The van der Waals surface area contributed by atoms with Crippen LogP contribution in [-0.2, 0) is 23.6 Å². The first-order chi connectivity index (χ1) is 20.9. The third kappa shape index (κ3) is 7.38. The number of ether oxygens (including phenoxy) is 1. The van der Waals surface area contributed by atoms with E-state index in [0.717, 1.165) is 11.1 Å². The van der Waals surface area contributed by atoms with Crippen LogP contribution in [0.4, 0.5) is 36.8 Å². The molecule has 0 unspecified atom stereocenters. The second kappa shape index (κ2) is 12.4. The van der Waals surface area contributed by atoms with Gasteiger partial charge in [-0.05, 0) is 66.8 Å². The monoisotopic (exact) mass is 642 g/mol. The molecule has 16 heteroatoms. The lowest BCUT2D eigenvalue weighted by atomic mass is 9.80. The summed E-state index contributed by atoms with van der Waals surface area (Å²) in [6, 6.07) is 5.04. The van der Waals surface area contributed by atoms with E-state index in [4.69, 9.17) is 15.6 Å². The first-order valence-electron chi connectivity index (χ1n) is 13.6. The minimum absolute atomic E-state index is 0.00341. The van der Waals surface area contributed by atoms with Crippen LogP contribution in [0.5, 0.6) is 11.5 Å². The van der Waals surface area contributed by atoms with Crippen LogP contribution >= 0.6 is 0 Å². The number of hydrogen-bond donors (Lipinski definition) is 4. The molecule has 1 aliphatic heterocycles. The molecule has 3 aromatic rings. The van der Waals surface area contributed by atoms with Crippen molar-refractivity contribution < 1.29 is 56.0 Å². The fraction of sp³-hybridized carbons (Fsp3) is 0.379. The summed E-state index contributed by atoms with van der Waals surface area (Å²) in [6.45, 7) is 1.48. The van der Waals surface area contributed by atoms with Crippen LogP contribution in [0, 0.1) is 0 Å². The Bertz CT molecular complexity index is 1570. The lowest BCUT2D eigenvalue weighted by molar-refractivity contribution is -0.143. The second-order valence-corrected chi connectivity index (χ2v) is 10.6. The SMILES string of the molecule is CC[C@]1(N)C[C@H](c2ncc(OCCCC(=O)O)c(Cc3cc(C(F)(F)F)cc(C(F)(F)F)c3)n2)c2cc(O)ccc2N1C(=O)O. The molecule has 10 nitrogen and oxygen atoms in total. The molecule has 0 fully saturated rings. The summed E-state index contributed by atoms with van der Waals surface area (Å²) in [6.07, 6.45) is -11.1. The van der Waals surface area contributed by atoms with Gasteiger partial charge in [-0.1, -0.05) is 6.92 Å². The van der Waals surface area contributed by atoms with Crippen LogP contribution in [0.25, 0.3) is 0 Å². The highest BCUT2D eigenvalue weighted by Crippen LogP contribution is 2.46. The number of halogens is 6. The molecule has 0 radical (unpaired) electrons. The Kier molecular flexibility index (Phi) is 9.19. The molecule has 242 valence electrons. The van der Waals surface area contributed by atoms with Crippen molar-refractivity contribution in [2.75, 3.05) is 11.5 Å². The Hall–Kier alpha value is -4.60. The van der Waals surface area contributed by atoms with Crippen molar-refractivity contribution in [3.63, 3.8) is 0 Å². The fourth-order valence-electron chi connectivity index (χ4n) is 5.20. The Morgan fingerprint density at radius 2 is 1.71 bits per heavy atom. The molecule has 2 aromatic carbocycles. The van der Waals surface area contributed by atoms with Gasteiger partial charge in [0.1, 0.15) is 17.2 Å². The molecular formula is C29H28F6N4O6. The summed E-state index contributed by atoms with van der Waals surface area (Å²) in [5.74, 6) is -2.30. The summed E-state index contributed by atoms with van der Waals surface area (Å²) in [5.41, 5.74) is 1.92. The predicted molar refractivity (Wildman–Crippen MR) is 146 cm³/mol. The van der Waals surface area contributed by atoms with E-state index in [1.807, 2.05) is 0 Å². The summed E-state index contributed by atoms with van der Waals surface area (Å²) in [4.78, 5) is 32.9. The van der Waals surface area contributed by atoms with E-state index in [-0.39, 0.29) is 72.6 Å². The molecule has 1 aliphatic rings. The maximum absolute atomic E-state index is 13.6. The zero-order valence-electron chi connectivity index (χ0n) is 23.6. The fourth-order valence-corrected chi connectivity index (χ4v) is 5.20. The van der Waals surface area contributed by atoms with Gasteiger partial charge in [0.05, 0.1) is 35.3 Å². The van der Waals surface area contributed by atoms with Crippen LogP contribution in [-0.4, -0.2) is 49.6 Å². The van der Waals surface area contributed by atoms with Crippen molar-refractivity contribution in [3.05, 3.63) is 76.4 Å². The highest BCUT2D eigenvalue weighted by molar-refractivity contribution is 5.90. The van der Waals surface area contributed by atoms with Crippen LogP contribution in [0.15, 0.2) is 42.6 Å². The minimum atomic E-state index is -5.09. The van der Waals surface area contributed by atoms with Gasteiger partial charge in [-0.3, -0.25) is 9.69 Å². The number of carboxylic acid groups (broad SMARTS) is 2. The standard InChI is InChI=1S/C29H28F6N4O6/c1-2-27(36)13-20(19-12-18(40)5-6-22(19)39(27)26(43)44)25-37-14-23(45-7-3-4-24(41)42)21(38-25)10-15-8-16(28(30,31)32)11-17(9-15)29(33,34)35/h5-6,8-9,11-12,14,20,40H,2-4,7,10,13,36H2,1H3,(H,41,42)(H,43,44)/t20-,27+/m0/s1. The number of rotatable bonds is 9. The zero-order valence-corrected chi connectivity index (χ0v) is 23.6. The van der Waals surface area contributed by atoms with Gasteiger partial charge in [-0.15, -0.1) is 0 Å². The van der Waals surface area contributed by atoms with E-state index in [1.165, 1.54) is 18.2 Å². The molecule has 4 rings (SSSR count). The van der Waals surface area contributed by atoms with Gasteiger partial charge in [0.2, 0.25) is 0 Å². The summed E-state index contributed by atoms with van der Waals surface area (Å²) < 4.78 is 87.0. The molecule has 0 bridgehead atoms. The van der Waals surface area contributed by atoms with Crippen LogP contribution in [0.2, 0.25) is 0 Å². The topological polar surface area (TPSA) is 159 Å². The zero-order chi connectivity index (χ0) is 33.3. The second-order valence-electron chi connectivity index (χ2n) is 10.6. The van der Waals surface area contributed by atoms with Crippen LogP contribution < -0.4 is 15.4 Å². The van der Waals surface area contributed by atoms with Crippen molar-refractivity contribution in [1.29, 1.82) is 0 Å². The van der Waals surface area contributed by atoms with E-state index in [9.17, 15) is 46.1 Å². The summed E-state index contributed by atoms with van der Waals surface area (Å²) >= 11 is 0. The van der Waals surface area contributed by atoms with Gasteiger partial charge in [-0.25, -0.2) is 14.8 Å². The maximum Gasteiger partial charge on any atom is 0.416 e. The Labute approximate surface area is 252 Å². The number of fused-ring (bicyclic) bond motifs is 1. The number of nitrogens with two attached hydrogens (primary N) is 1. The molecule has 1 aromatic heterocycles. The lowest BCUT2D eigenvalue weighted by Gasteiger charge is -2.46. The normalized spacial score (nSPS) is 18.4. The summed E-state index contributed by atoms with van der Waals surface area (Å²) in [5, 5.41) is 29.1. The minimum Gasteiger partial charge on any atom is -0.508 e. The Morgan fingerprint density at radius 1 is 1.07 bits per heavy atom. The quantitative estimate of drug-likeness (QED) is 0.159. The lowest BCUT2D eigenvalue weighted by Crippen LogP contribution is -2.61. The maximum atomic E-state index is 13.6. The number of aromatic nitrogens is 2. The molecule has 5 N–H and O–H groups in total. The molecular weight excluding hydrogens is 614 g/mol. The first kappa shape index (κ1) is 33.3. The molecule has 0 spiro atoms. The van der Waals surface area contributed by atoms with Gasteiger partial charge in [0.15, 0.2) is 5.75 Å². The van der Waals surface area contributed by atoms with Gasteiger partial charge in [0.25, 0.3) is 0 Å². The number of aliphatic carboxylic acids is 1. The molecule has 0 aliphatic carbocycles. The molecule has 2 heterocycles.